The average molecular weight is 478 g/mol. The van der Waals surface area contributed by atoms with Gasteiger partial charge >= 0.3 is 0 Å². The van der Waals surface area contributed by atoms with Gasteiger partial charge in [-0.05, 0) is 63.7 Å². The zero-order valence-corrected chi connectivity index (χ0v) is 20.6. The molecule has 3 N–H and O–H groups in total. The van der Waals surface area contributed by atoms with Crippen molar-refractivity contribution in [3.05, 3.63) is 65.6 Å². The first-order chi connectivity index (χ1) is 16.8. The van der Waals surface area contributed by atoms with Crippen molar-refractivity contribution < 1.29 is 9.18 Å². The van der Waals surface area contributed by atoms with E-state index in [1.807, 2.05) is 26.0 Å². The first kappa shape index (κ1) is 24.4. The topological polar surface area (TPSA) is 85.4 Å². The summed E-state index contributed by atoms with van der Waals surface area (Å²) in [4.78, 5) is 25.7. The number of hydrogen-bond acceptors (Lipinski definition) is 7. The van der Waals surface area contributed by atoms with E-state index >= 15 is 0 Å². The molecule has 1 saturated heterocycles. The molecule has 1 fully saturated rings. The number of benzene rings is 2. The first-order valence-corrected chi connectivity index (χ1v) is 11.8. The van der Waals surface area contributed by atoms with Crippen LogP contribution in [-0.4, -0.2) is 60.0 Å². The van der Waals surface area contributed by atoms with Gasteiger partial charge in [-0.1, -0.05) is 12.1 Å². The second-order valence-electron chi connectivity index (χ2n) is 9.11. The van der Waals surface area contributed by atoms with Crippen LogP contribution in [0, 0.1) is 12.7 Å². The number of halogens is 1. The van der Waals surface area contributed by atoms with E-state index in [-0.39, 0.29) is 23.7 Å². The fourth-order valence-corrected chi connectivity index (χ4v) is 4.04. The zero-order chi connectivity index (χ0) is 24.9. The fourth-order valence-electron chi connectivity index (χ4n) is 4.04. The van der Waals surface area contributed by atoms with Gasteiger partial charge in [0.25, 0.3) is 5.91 Å². The number of piperazine rings is 1. The lowest BCUT2D eigenvalue weighted by Crippen LogP contribution is -2.44. The summed E-state index contributed by atoms with van der Waals surface area (Å²) in [6.07, 6.45) is 1.11. The minimum absolute atomic E-state index is 0.0157. The van der Waals surface area contributed by atoms with Crippen LogP contribution in [0.15, 0.2) is 48.7 Å². The van der Waals surface area contributed by atoms with Crippen LogP contribution in [0.2, 0.25) is 0 Å². The molecule has 0 aliphatic carbocycles. The normalized spacial score (nSPS) is 14.2. The SMILES string of the molecule is Cc1cc(Nc2ncc(F)c(Nc3ccccc3C(=O)NC(C)C)n2)ccc1N1CCN(C)CC1. The van der Waals surface area contributed by atoms with Crippen molar-refractivity contribution in [1.82, 2.24) is 20.2 Å². The number of hydrogen-bond donors (Lipinski definition) is 3. The summed E-state index contributed by atoms with van der Waals surface area (Å²) in [5, 5.41) is 8.97. The van der Waals surface area contributed by atoms with Gasteiger partial charge in [-0.15, -0.1) is 0 Å². The van der Waals surface area contributed by atoms with Gasteiger partial charge in [0.1, 0.15) is 0 Å². The number of likely N-dealkylation sites (N-methyl/N-ethyl adjacent to an activating group) is 1. The van der Waals surface area contributed by atoms with Gasteiger partial charge < -0.3 is 25.8 Å². The highest BCUT2D eigenvalue weighted by molar-refractivity contribution is 6.00. The van der Waals surface area contributed by atoms with Crippen LogP contribution >= 0.6 is 0 Å². The van der Waals surface area contributed by atoms with Crippen molar-refractivity contribution in [2.75, 3.05) is 48.8 Å². The van der Waals surface area contributed by atoms with Gasteiger partial charge in [0, 0.05) is 43.6 Å². The van der Waals surface area contributed by atoms with Crippen molar-refractivity contribution in [1.29, 1.82) is 0 Å². The van der Waals surface area contributed by atoms with E-state index in [1.54, 1.807) is 24.3 Å². The van der Waals surface area contributed by atoms with Crippen LogP contribution in [0.4, 0.5) is 33.2 Å². The molecule has 9 heteroatoms. The molecule has 0 bridgehead atoms. The summed E-state index contributed by atoms with van der Waals surface area (Å²) in [5.41, 5.74) is 4.03. The standard InChI is InChI=1S/C26H32FN7O/c1-17(2)29-25(35)20-7-5-6-8-22(20)31-24-21(27)16-28-26(32-24)30-19-9-10-23(18(3)15-19)34-13-11-33(4)12-14-34/h5-10,15-17H,11-14H2,1-4H3,(H,29,35)(H2,28,30,31,32). The Morgan fingerprint density at radius 2 is 1.80 bits per heavy atom. The summed E-state index contributed by atoms with van der Waals surface area (Å²) in [5.74, 6) is -0.620. The second kappa shape index (κ2) is 10.7. The Morgan fingerprint density at radius 1 is 1.06 bits per heavy atom. The van der Waals surface area contributed by atoms with Gasteiger partial charge in [-0.3, -0.25) is 4.79 Å². The van der Waals surface area contributed by atoms with Crippen LogP contribution < -0.4 is 20.9 Å². The van der Waals surface area contributed by atoms with Crippen molar-refractivity contribution >= 4 is 34.7 Å². The molecule has 0 radical (unpaired) electrons. The number of anilines is 5. The van der Waals surface area contributed by atoms with E-state index in [1.165, 1.54) is 5.69 Å². The minimum atomic E-state index is -0.615. The largest absolute Gasteiger partial charge is 0.369 e. The molecule has 1 aromatic heterocycles. The third-order valence-corrected chi connectivity index (χ3v) is 5.89. The molecule has 2 aromatic carbocycles. The Hall–Kier alpha value is -3.72. The molecule has 35 heavy (non-hydrogen) atoms. The van der Waals surface area contributed by atoms with Crippen molar-refractivity contribution in [2.45, 2.75) is 26.8 Å². The summed E-state index contributed by atoms with van der Waals surface area (Å²) in [6, 6.07) is 13.0. The van der Waals surface area contributed by atoms with Crippen molar-refractivity contribution in [3.63, 3.8) is 0 Å². The van der Waals surface area contributed by atoms with E-state index in [9.17, 15) is 9.18 Å². The quantitative estimate of drug-likeness (QED) is 0.468. The summed E-state index contributed by atoms with van der Waals surface area (Å²) < 4.78 is 14.6. The maximum absolute atomic E-state index is 14.6. The van der Waals surface area contributed by atoms with Crippen molar-refractivity contribution in [2.24, 2.45) is 0 Å². The van der Waals surface area contributed by atoms with Gasteiger partial charge in [-0.2, -0.15) is 4.98 Å². The van der Waals surface area contributed by atoms with Gasteiger partial charge in [0.05, 0.1) is 17.4 Å². The molecule has 4 rings (SSSR count). The lowest BCUT2D eigenvalue weighted by Gasteiger charge is -2.35. The molecule has 3 aromatic rings. The van der Waals surface area contributed by atoms with E-state index in [4.69, 9.17) is 0 Å². The van der Waals surface area contributed by atoms with Gasteiger partial charge in [-0.25, -0.2) is 9.37 Å². The molecule has 1 amide bonds. The van der Waals surface area contributed by atoms with Crippen LogP contribution in [0.1, 0.15) is 29.8 Å². The average Bonchev–Trinajstić information content (AvgIpc) is 2.82. The number of carbonyl (C=O) groups excluding carboxylic acids is 1. The van der Waals surface area contributed by atoms with Gasteiger partial charge in [0.15, 0.2) is 11.6 Å². The number of nitrogens with one attached hydrogen (secondary N) is 3. The Balaban J connectivity index is 1.51. The third kappa shape index (κ3) is 6.05. The van der Waals surface area contributed by atoms with Gasteiger partial charge in [0.2, 0.25) is 5.95 Å². The van der Waals surface area contributed by atoms with E-state index < -0.39 is 5.82 Å². The van der Waals surface area contributed by atoms with E-state index in [0.717, 1.165) is 43.6 Å². The smallest absolute Gasteiger partial charge is 0.253 e. The summed E-state index contributed by atoms with van der Waals surface area (Å²) >= 11 is 0. The number of amides is 1. The Bertz CT molecular complexity index is 1190. The predicted octanol–water partition coefficient (Wildman–Crippen LogP) is 4.30. The maximum Gasteiger partial charge on any atom is 0.253 e. The summed E-state index contributed by atoms with van der Waals surface area (Å²) in [6.45, 7) is 9.93. The molecule has 0 spiro atoms. The van der Waals surface area contributed by atoms with Crippen LogP contribution in [0.3, 0.4) is 0 Å². The highest BCUT2D eigenvalue weighted by Gasteiger charge is 2.17. The number of carbonyl (C=O) groups is 1. The monoisotopic (exact) mass is 477 g/mol. The molecule has 0 saturated carbocycles. The predicted molar refractivity (Wildman–Crippen MR) is 138 cm³/mol. The van der Waals surface area contributed by atoms with Crippen molar-refractivity contribution in [3.8, 4) is 0 Å². The van der Waals surface area contributed by atoms with Crippen LogP contribution in [-0.2, 0) is 0 Å². The lowest BCUT2D eigenvalue weighted by atomic mass is 10.1. The van der Waals surface area contributed by atoms with E-state index in [2.05, 4.69) is 55.8 Å². The fraction of sp³-hybridized carbons (Fsp3) is 0.346. The minimum Gasteiger partial charge on any atom is -0.369 e. The number of aromatic nitrogens is 2. The second-order valence-corrected chi connectivity index (χ2v) is 9.11. The molecule has 184 valence electrons. The summed E-state index contributed by atoms with van der Waals surface area (Å²) in [7, 11) is 2.14. The molecule has 1 aliphatic rings. The first-order valence-electron chi connectivity index (χ1n) is 11.8. The highest BCUT2D eigenvalue weighted by Crippen LogP contribution is 2.27. The molecule has 0 unspecified atom stereocenters. The van der Waals surface area contributed by atoms with Crippen LogP contribution in [0.5, 0.6) is 0 Å². The van der Waals surface area contributed by atoms with Crippen LogP contribution in [0.25, 0.3) is 0 Å². The highest BCUT2D eigenvalue weighted by atomic mass is 19.1. The number of para-hydroxylation sites is 1. The van der Waals surface area contributed by atoms with E-state index in [0.29, 0.717) is 11.3 Å². The molecule has 2 heterocycles. The molecular formula is C26H32FN7O. The molecule has 1 aliphatic heterocycles. The number of rotatable bonds is 7. The number of aryl methyl sites for hydroxylation is 1. The Morgan fingerprint density at radius 3 is 2.51 bits per heavy atom. The lowest BCUT2D eigenvalue weighted by molar-refractivity contribution is 0.0944. The molecule has 0 atom stereocenters. The maximum atomic E-state index is 14.6. The number of nitrogens with zero attached hydrogens (tertiary/aromatic N) is 4. The Labute approximate surface area is 205 Å². The zero-order valence-electron chi connectivity index (χ0n) is 20.6. The molecular weight excluding hydrogens is 445 g/mol. The molecule has 8 nitrogen and oxygen atoms in total. The Kier molecular flexibility index (Phi) is 7.45. The third-order valence-electron chi connectivity index (χ3n) is 5.89.